The molecule has 0 aliphatic heterocycles. The highest BCUT2D eigenvalue weighted by atomic mass is 15.1. The zero-order valence-electron chi connectivity index (χ0n) is 11.2. The van der Waals surface area contributed by atoms with Crippen LogP contribution in [0.5, 0.6) is 0 Å². The number of hydrogen-bond acceptors (Lipinski definition) is 2. The largest absolute Gasteiger partial charge is 0.397 e. The van der Waals surface area contributed by atoms with Crippen LogP contribution in [0.2, 0.25) is 0 Å². The van der Waals surface area contributed by atoms with Crippen LogP contribution in [0.1, 0.15) is 12.5 Å². The summed E-state index contributed by atoms with van der Waals surface area (Å²) >= 11 is 0. The summed E-state index contributed by atoms with van der Waals surface area (Å²) < 4.78 is 2.22. The van der Waals surface area contributed by atoms with E-state index in [-0.39, 0.29) is 0 Å². The van der Waals surface area contributed by atoms with Gasteiger partial charge >= 0.3 is 0 Å². The molecule has 0 saturated heterocycles. The van der Waals surface area contributed by atoms with E-state index >= 15 is 0 Å². The van der Waals surface area contributed by atoms with E-state index in [0.717, 1.165) is 29.1 Å². The zero-order valence-corrected chi connectivity index (χ0v) is 11.2. The molecule has 1 aromatic heterocycles. The fourth-order valence-electron chi connectivity index (χ4n) is 2.52. The smallest absolute Gasteiger partial charge is 0.141 e. The van der Waals surface area contributed by atoms with Crippen molar-refractivity contribution in [2.45, 2.75) is 20.4 Å². The van der Waals surface area contributed by atoms with Gasteiger partial charge in [0, 0.05) is 12.1 Å². The lowest BCUT2D eigenvalue weighted by Gasteiger charge is -2.08. The third-order valence-corrected chi connectivity index (χ3v) is 3.51. The van der Waals surface area contributed by atoms with Crippen LogP contribution in [0.3, 0.4) is 0 Å². The standard InChI is InChI=1S/C16H17N3/c1-3-19-14-10-6-9-13(17)15(14)18-16(19)12-8-5-4-7-11(12)2/h4-10H,3,17H2,1-2H3. The minimum atomic E-state index is 0.736. The van der Waals surface area contributed by atoms with Crippen molar-refractivity contribution in [2.75, 3.05) is 5.73 Å². The van der Waals surface area contributed by atoms with Crippen molar-refractivity contribution < 1.29 is 0 Å². The molecular weight excluding hydrogens is 234 g/mol. The van der Waals surface area contributed by atoms with Gasteiger partial charge in [0.2, 0.25) is 0 Å². The number of imidazole rings is 1. The third-order valence-electron chi connectivity index (χ3n) is 3.51. The van der Waals surface area contributed by atoms with Crippen LogP contribution in [0.15, 0.2) is 42.5 Å². The maximum atomic E-state index is 6.03. The summed E-state index contributed by atoms with van der Waals surface area (Å²) in [5.41, 5.74) is 11.2. The van der Waals surface area contributed by atoms with Crippen molar-refractivity contribution in [1.29, 1.82) is 0 Å². The molecule has 0 spiro atoms. The number of hydrogen-bond donors (Lipinski definition) is 1. The van der Waals surface area contributed by atoms with Crippen molar-refractivity contribution >= 4 is 16.7 Å². The monoisotopic (exact) mass is 251 g/mol. The summed E-state index contributed by atoms with van der Waals surface area (Å²) in [6.45, 7) is 5.12. The Bertz CT molecular complexity index is 741. The second-order valence-corrected chi connectivity index (χ2v) is 4.71. The van der Waals surface area contributed by atoms with E-state index in [1.165, 1.54) is 11.1 Å². The number of rotatable bonds is 2. The molecule has 0 aliphatic rings. The molecular formula is C16H17N3. The third kappa shape index (κ3) is 1.78. The first kappa shape index (κ1) is 11.8. The van der Waals surface area contributed by atoms with Crippen LogP contribution >= 0.6 is 0 Å². The summed E-state index contributed by atoms with van der Waals surface area (Å²) in [4.78, 5) is 4.75. The molecule has 2 aromatic carbocycles. The van der Waals surface area contributed by atoms with Crippen LogP contribution in [0, 0.1) is 6.92 Å². The van der Waals surface area contributed by atoms with Crippen molar-refractivity contribution in [3.05, 3.63) is 48.0 Å². The molecule has 0 unspecified atom stereocenters. The lowest BCUT2D eigenvalue weighted by Crippen LogP contribution is -1.98. The minimum absolute atomic E-state index is 0.736. The molecule has 3 rings (SSSR count). The summed E-state index contributed by atoms with van der Waals surface area (Å²) in [5.74, 6) is 0.994. The highest BCUT2D eigenvalue weighted by molar-refractivity contribution is 5.90. The fraction of sp³-hybridized carbons (Fsp3) is 0.188. The molecule has 3 heteroatoms. The molecule has 0 fully saturated rings. The van der Waals surface area contributed by atoms with Crippen LogP contribution in [-0.2, 0) is 6.54 Å². The average molecular weight is 251 g/mol. The molecule has 0 saturated carbocycles. The molecule has 1 heterocycles. The fourth-order valence-corrected chi connectivity index (χ4v) is 2.52. The number of benzene rings is 2. The molecule has 2 N–H and O–H groups in total. The van der Waals surface area contributed by atoms with Crippen LogP contribution in [-0.4, -0.2) is 9.55 Å². The zero-order chi connectivity index (χ0) is 13.4. The Morgan fingerprint density at radius 2 is 1.89 bits per heavy atom. The lowest BCUT2D eigenvalue weighted by molar-refractivity contribution is 0.796. The van der Waals surface area contributed by atoms with E-state index in [9.17, 15) is 0 Å². The molecule has 0 amide bonds. The predicted molar refractivity (Wildman–Crippen MR) is 80.0 cm³/mol. The van der Waals surface area contributed by atoms with Gasteiger partial charge in [-0.05, 0) is 31.5 Å². The minimum Gasteiger partial charge on any atom is -0.397 e. The summed E-state index contributed by atoms with van der Waals surface area (Å²) in [6, 6.07) is 14.3. The number of nitrogen functional groups attached to an aromatic ring is 1. The quantitative estimate of drug-likeness (QED) is 0.707. The number of aromatic nitrogens is 2. The molecule has 19 heavy (non-hydrogen) atoms. The Balaban J connectivity index is 2.36. The van der Waals surface area contributed by atoms with E-state index < -0.39 is 0 Å². The van der Waals surface area contributed by atoms with E-state index in [0.29, 0.717) is 0 Å². The van der Waals surface area contributed by atoms with Crippen LogP contribution in [0.25, 0.3) is 22.4 Å². The van der Waals surface area contributed by atoms with Gasteiger partial charge in [-0.15, -0.1) is 0 Å². The maximum Gasteiger partial charge on any atom is 0.141 e. The summed E-state index contributed by atoms with van der Waals surface area (Å²) in [6.07, 6.45) is 0. The highest BCUT2D eigenvalue weighted by Gasteiger charge is 2.14. The second kappa shape index (κ2) is 4.43. The Labute approximate surface area is 112 Å². The van der Waals surface area contributed by atoms with Crippen LogP contribution in [0.4, 0.5) is 5.69 Å². The maximum absolute atomic E-state index is 6.03. The Kier molecular flexibility index (Phi) is 2.75. The van der Waals surface area contributed by atoms with Crippen molar-refractivity contribution in [1.82, 2.24) is 9.55 Å². The first-order valence-electron chi connectivity index (χ1n) is 6.53. The first-order valence-corrected chi connectivity index (χ1v) is 6.53. The normalized spacial score (nSPS) is 11.1. The Morgan fingerprint density at radius 3 is 2.63 bits per heavy atom. The van der Waals surface area contributed by atoms with Gasteiger partial charge in [-0.3, -0.25) is 0 Å². The Morgan fingerprint density at radius 1 is 1.11 bits per heavy atom. The van der Waals surface area contributed by atoms with Crippen LogP contribution < -0.4 is 5.73 Å². The average Bonchev–Trinajstić information content (AvgIpc) is 2.79. The molecule has 0 bridgehead atoms. The van der Waals surface area contributed by atoms with Gasteiger partial charge in [-0.25, -0.2) is 4.98 Å². The molecule has 96 valence electrons. The summed E-state index contributed by atoms with van der Waals surface area (Å²) in [5, 5.41) is 0. The summed E-state index contributed by atoms with van der Waals surface area (Å²) in [7, 11) is 0. The van der Waals surface area contributed by atoms with Gasteiger partial charge in [-0.1, -0.05) is 30.3 Å². The Hall–Kier alpha value is -2.29. The molecule has 0 atom stereocenters. The van der Waals surface area contributed by atoms with E-state index in [2.05, 4.69) is 36.6 Å². The predicted octanol–water partition coefficient (Wildman–Crippen LogP) is 3.61. The van der Waals surface area contributed by atoms with Gasteiger partial charge in [0.15, 0.2) is 0 Å². The van der Waals surface area contributed by atoms with Crippen molar-refractivity contribution in [3.8, 4) is 11.4 Å². The van der Waals surface area contributed by atoms with Gasteiger partial charge in [-0.2, -0.15) is 0 Å². The van der Waals surface area contributed by atoms with Crippen molar-refractivity contribution in [3.63, 3.8) is 0 Å². The van der Waals surface area contributed by atoms with Gasteiger partial charge < -0.3 is 10.3 Å². The lowest BCUT2D eigenvalue weighted by atomic mass is 10.1. The number of anilines is 1. The topological polar surface area (TPSA) is 43.8 Å². The first-order chi connectivity index (χ1) is 9.22. The molecule has 0 radical (unpaired) electrons. The molecule has 3 nitrogen and oxygen atoms in total. The number of aryl methyl sites for hydroxylation is 2. The van der Waals surface area contributed by atoms with Crippen molar-refractivity contribution in [2.24, 2.45) is 0 Å². The van der Waals surface area contributed by atoms with Gasteiger partial charge in [0.05, 0.1) is 11.2 Å². The van der Waals surface area contributed by atoms with E-state index in [1.807, 2.05) is 24.3 Å². The number of fused-ring (bicyclic) bond motifs is 1. The van der Waals surface area contributed by atoms with Gasteiger partial charge in [0.25, 0.3) is 0 Å². The number of para-hydroxylation sites is 1. The van der Waals surface area contributed by atoms with E-state index in [4.69, 9.17) is 10.7 Å². The van der Waals surface area contributed by atoms with Gasteiger partial charge in [0.1, 0.15) is 11.3 Å². The second-order valence-electron chi connectivity index (χ2n) is 4.71. The molecule has 0 aliphatic carbocycles. The highest BCUT2D eigenvalue weighted by Crippen LogP contribution is 2.29. The van der Waals surface area contributed by atoms with E-state index in [1.54, 1.807) is 0 Å². The SMILES string of the molecule is CCn1c(-c2ccccc2C)nc2c(N)cccc21. The number of nitrogens with two attached hydrogens (primary N) is 1. The number of nitrogens with zero attached hydrogens (tertiary/aromatic N) is 2. The molecule has 3 aromatic rings.